The lowest BCUT2D eigenvalue weighted by atomic mass is 9.87. The molecule has 1 unspecified atom stereocenters. The van der Waals surface area contributed by atoms with Gasteiger partial charge < -0.3 is 20.3 Å². The fourth-order valence-electron chi connectivity index (χ4n) is 3.83. The molecule has 5 heteroatoms. The molecule has 0 saturated heterocycles. The summed E-state index contributed by atoms with van der Waals surface area (Å²) in [4.78, 5) is 11.8. The van der Waals surface area contributed by atoms with Crippen molar-refractivity contribution in [2.24, 2.45) is 0 Å². The second-order valence-corrected chi connectivity index (χ2v) is 6.47. The molecular formula is C18H21N3O2. The second-order valence-electron chi connectivity index (χ2n) is 6.47. The first-order valence-corrected chi connectivity index (χ1v) is 8.16. The minimum Gasteiger partial charge on any atom is -0.366 e. The topological polar surface area (TPSA) is 66.3 Å². The summed E-state index contributed by atoms with van der Waals surface area (Å²) in [6.07, 6.45) is 3.09. The highest BCUT2D eigenvalue weighted by Gasteiger charge is 2.29. The minimum atomic E-state index is -1.19. The standard InChI is InChI=1S/C18H21N3O2/c1-10-7-8-11(2)21(10)15-9-14-16(20-18(23)17(22)19-14)13-6-4-3-5-12(13)15/h7-9,17,19,22H,3-6H2,1-2H3,(H,20,23). The van der Waals surface area contributed by atoms with E-state index in [2.05, 4.69) is 47.2 Å². The first-order chi connectivity index (χ1) is 11.1. The highest BCUT2D eigenvalue weighted by molar-refractivity contribution is 6.03. The van der Waals surface area contributed by atoms with Crippen LogP contribution in [0.25, 0.3) is 5.69 Å². The van der Waals surface area contributed by atoms with Crippen molar-refractivity contribution in [1.82, 2.24) is 4.57 Å². The van der Waals surface area contributed by atoms with Crippen molar-refractivity contribution in [3.8, 4) is 5.69 Å². The Kier molecular flexibility index (Phi) is 3.20. The zero-order valence-corrected chi connectivity index (χ0v) is 13.4. The van der Waals surface area contributed by atoms with Crippen LogP contribution >= 0.6 is 0 Å². The van der Waals surface area contributed by atoms with Crippen LogP contribution in [0.2, 0.25) is 0 Å². The largest absolute Gasteiger partial charge is 0.366 e. The zero-order valence-electron chi connectivity index (χ0n) is 13.4. The van der Waals surface area contributed by atoms with Crippen LogP contribution in [0.5, 0.6) is 0 Å². The van der Waals surface area contributed by atoms with Crippen LogP contribution in [-0.2, 0) is 17.6 Å². The lowest BCUT2D eigenvalue weighted by molar-refractivity contribution is -0.122. The number of hydrogen-bond acceptors (Lipinski definition) is 3. The second kappa shape index (κ2) is 5.13. The number of carbonyl (C=O) groups excluding carboxylic acids is 1. The Morgan fingerprint density at radius 3 is 2.48 bits per heavy atom. The van der Waals surface area contributed by atoms with Crippen molar-refractivity contribution in [2.75, 3.05) is 10.6 Å². The summed E-state index contributed by atoms with van der Waals surface area (Å²) in [6.45, 7) is 4.21. The molecule has 0 radical (unpaired) electrons. The van der Waals surface area contributed by atoms with Crippen molar-refractivity contribution in [1.29, 1.82) is 0 Å². The van der Waals surface area contributed by atoms with E-state index in [-0.39, 0.29) is 5.91 Å². The van der Waals surface area contributed by atoms with Crippen LogP contribution in [-0.4, -0.2) is 21.8 Å². The van der Waals surface area contributed by atoms with Gasteiger partial charge in [0.2, 0.25) is 6.23 Å². The summed E-state index contributed by atoms with van der Waals surface area (Å²) in [5, 5.41) is 15.6. The van der Waals surface area contributed by atoms with E-state index in [0.717, 1.165) is 36.3 Å². The van der Waals surface area contributed by atoms with Gasteiger partial charge in [0.25, 0.3) is 5.91 Å². The molecule has 1 aromatic carbocycles. The molecule has 1 aromatic heterocycles. The minimum absolute atomic E-state index is 0.383. The molecule has 120 valence electrons. The van der Waals surface area contributed by atoms with E-state index < -0.39 is 6.23 Å². The van der Waals surface area contributed by atoms with E-state index in [1.54, 1.807) is 0 Å². The number of nitrogens with one attached hydrogen (secondary N) is 2. The van der Waals surface area contributed by atoms with Gasteiger partial charge in [-0.2, -0.15) is 0 Å². The number of carbonyl (C=O) groups is 1. The highest BCUT2D eigenvalue weighted by atomic mass is 16.3. The van der Waals surface area contributed by atoms with Crippen LogP contribution < -0.4 is 10.6 Å². The number of benzene rings is 1. The number of aliphatic hydroxyl groups is 1. The number of aromatic nitrogens is 1. The predicted molar refractivity (Wildman–Crippen MR) is 90.1 cm³/mol. The smallest absolute Gasteiger partial charge is 0.274 e. The van der Waals surface area contributed by atoms with Gasteiger partial charge in [0.1, 0.15) is 0 Å². The Morgan fingerprint density at radius 2 is 1.78 bits per heavy atom. The average molecular weight is 311 g/mol. The lowest BCUT2D eigenvalue weighted by Gasteiger charge is -2.31. The van der Waals surface area contributed by atoms with Crippen molar-refractivity contribution in [3.63, 3.8) is 0 Å². The van der Waals surface area contributed by atoms with Crippen LogP contribution in [0.15, 0.2) is 18.2 Å². The number of nitrogens with zero attached hydrogens (tertiary/aromatic N) is 1. The molecule has 5 nitrogen and oxygen atoms in total. The first-order valence-electron chi connectivity index (χ1n) is 8.16. The van der Waals surface area contributed by atoms with Gasteiger partial charge in [-0.15, -0.1) is 0 Å². The molecule has 0 spiro atoms. The molecule has 2 heterocycles. The van der Waals surface area contributed by atoms with Crippen molar-refractivity contribution in [2.45, 2.75) is 45.8 Å². The van der Waals surface area contributed by atoms with Crippen molar-refractivity contribution < 1.29 is 9.90 Å². The molecule has 2 aliphatic rings. The molecule has 3 N–H and O–H groups in total. The van der Waals surface area contributed by atoms with Crippen LogP contribution in [0, 0.1) is 13.8 Å². The lowest BCUT2D eigenvalue weighted by Crippen LogP contribution is -2.39. The van der Waals surface area contributed by atoms with Gasteiger partial charge in [0, 0.05) is 11.4 Å². The van der Waals surface area contributed by atoms with Crippen LogP contribution in [0.3, 0.4) is 0 Å². The summed E-state index contributed by atoms with van der Waals surface area (Å²) in [6, 6.07) is 6.30. The SMILES string of the molecule is Cc1ccc(C)n1-c1cc2c(c3c1CCCC3)NC(=O)C(O)N2. The zero-order chi connectivity index (χ0) is 16.1. The molecule has 23 heavy (non-hydrogen) atoms. The quantitative estimate of drug-likeness (QED) is 0.758. The van der Waals surface area contributed by atoms with Gasteiger partial charge in [-0.25, -0.2) is 0 Å². The molecule has 2 aromatic rings. The number of amides is 1. The molecule has 1 amide bonds. The monoisotopic (exact) mass is 311 g/mol. The fraction of sp³-hybridized carbons (Fsp3) is 0.389. The van der Waals surface area contributed by atoms with E-state index in [0.29, 0.717) is 0 Å². The number of anilines is 2. The summed E-state index contributed by atoms with van der Waals surface area (Å²) < 4.78 is 2.26. The van der Waals surface area contributed by atoms with E-state index in [9.17, 15) is 9.90 Å². The predicted octanol–water partition coefficient (Wildman–Crippen LogP) is 2.66. The molecular weight excluding hydrogens is 290 g/mol. The van der Waals surface area contributed by atoms with Crippen molar-refractivity contribution >= 4 is 17.3 Å². The van der Waals surface area contributed by atoms with Gasteiger partial charge in [-0.05, 0) is 68.9 Å². The van der Waals surface area contributed by atoms with Crippen molar-refractivity contribution in [3.05, 3.63) is 40.7 Å². The Labute approximate surface area is 135 Å². The molecule has 0 saturated carbocycles. The summed E-state index contributed by atoms with van der Waals surface area (Å²) >= 11 is 0. The van der Waals surface area contributed by atoms with Crippen LogP contribution in [0.1, 0.15) is 35.4 Å². The summed E-state index contributed by atoms with van der Waals surface area (Å²) in [5.41, 5.74) is 7.72. The van der Waals surface area contributed by atoms with Gasteiger partial charge in [-0.3, -0.25) is 4.79 Å². The molecule has 1 aliphatic carbocycles. The summed E-state index contributed by atoms with van der Waals surface area (Å²) in [7, 11) is 0. The van der Waals surface area contributed by atoms with E-state index in [4.69, 9.17) is 0 Å². The first kappa shape index (κ1) is 14.3. The van der Waals surface area contributed by atoms with E-state index in [1.807, 2.05) is 0 Å². The number of aryl methyl sites for hydroxylation is 2. The Balaban J connectivity index is 1.98. The Bertz CT molecular complexity index is 788. The average Bonchev–Trinajstić information content (AvgIpc) is 2.87. The van der Waals surface area contributed by atoms with Crippen LogP contribution in [0.4, 0.5) is 11.4 Å². The molecule has 1 aliphatic heterocycles. The number of fused-ring (bicyclic) bond motifs is 3. The van der Waals surface area contributed by atoms with E-state index >= 15 is 0 Å². The molecule has 1 atom stereocenters. The fourth-order valence-corrected chi connectivity index (χ4v) is 3.83. The van der Waals surface area contributed by atoms with Gasteiger partial charge in [-0.1, -0.05) is 0 Å². The number of hydrogen-bond donors (Lipinski definition) is 3. The maximum atomic E-state index is 11.8. The summed E-state index contributed by atoms with van der Waals surface area (Å²) in [5.74, 6) is -0.383. The molecule has 0 fully saturated rings. The number of rotatable bonds is 1. The van der Waals surface area contributed by atoms with Gasteiger partial charge >= 0.3 is 0 Å². The maximum absolute atomic E-state index is 11.8. The van der Waals surface area contributed by atoms with Gasteiger partial charge in [0.15, 0.2) is 0 Å². The third-order valence-corrected chi connectivity index (χ3v) is 4.93. The molecule has 0 bridgehead atoms. The normalized spacial score (nSPS) is 19.6. The third-order valence-electron chi connectivity index (χ3n) is 4.93. The van der Waals surface area contributed by atoms with E-state index in [1.165, 1.54) is 28.9 Å². The highest BCUT2D eigenvalue weighted by Crippen LogP contribution is 2.40. The number of aliphatic hydroxyl groups excluding tert-OH is 1. The third kappa shape index (κ3) is 2.15. The Hall–Kier alpha value is -2.27. The maximum Gasteiger partial charge on any atom is 0.274 e. The van der Waals surface area contributed by atoms with Gasteiger partial charge in [0.05, 0.1) is 17.1 Å². The molecule has 4 rings (SSSR count). The Morgan fingerprint density at radius 1 is 1.13 bits per heavy atom.